The number of hydrogen-bond donors (Lipinski definition) is 0. The van der Waals surface area contributed by atoms with Crippen molar-refractivity contribution in [1.82, 2.24) is 9.29 Å². The van der Waals surface area contributed by atoms with E-state index in [0.29, 0.717) is 6.54 Å². The van der Waals surface area contributed by atoms with Gasteiger partial charge in [0.15, 0.2) is 5.69 Å². The van der Waals surface area contributed by atoms with Gasteiger partial charge in [-0.25, -0.2) is 18.2 Å². The highest BCUT2D eigenvalue weighted by Crippen LogP contribution is 2.15. The number of carbonyl (C=O) groups is 1. The maximum Gasteiger partial charge on any atom is 0.360 e. The molecule has 1 heterocycles. The van der Waals surface area contributed by atoms with Crippen LogP contribution in [0.1, 0.15) is 48.1 Å². The molecule has 1 aromatic carbocycles. The third-order valence-corrected chi connectivity index (χ3v) is 5.37. The Kier molecular flexibility index (Phi) is 7.75. The van der Waals surface area contributed by atoms with Crippen molar-refractivity contribution in [2.24, 2.45) is 0 Å². The Balaban J connectivity index is 2.18. The molecule has 0 N–H and O–H groups in total. The third-order valence-electron chi connectivity index (χ3n) is 3.86. The fraction of sp³-hybridized carbons (Fsp3) is 0.368. The summed E-state index contributed by atoms with van der Waals surface area (Å²) in [6.07, 6.45) is 5.32. The van der Waals surface area contributed by atoms with Crippen LogP contribution in [0.5, 0.6) is 0 Å². The summed E-state index contributed by atoms with van der Waals surface area (Å²) in [5.74, 6) is -0.488. The van der Waals surface area contributed by atoms with Crippen LogP contribution in [0.2, 0.25) is 0 Å². The van der Waals surface area contributed by atoms with Gasteiger partial charge in [0.2, 0.25) is 15.9 Å². The Labute approximate surface area is 159 Å². The summed E-state index contributed by atoms with van der Waals surface area (Å²) >= 11 is 0. The van der Waals surface area contributed by atoms with E-state index in [0.717, 1.165) is 31.1 Å². The first-order chi connectivity index (χ1) is 13.0. The number of nitrogens with zero attached hydrogens (tertiary/aromatic N) is 2. The lowest BCUT2D eigenvalue weighted by Crippen LogP contribution is -2.30. The zero-order valence-electron chi connectivity index (χ0n) is 15.5. The largest absolute Gasteiger partial charge is 0.464 e. The normalized spacial score (nSPS) is 12.0. The van der Waals surface area contributed by atoms with Gasteiger partial charge in [-0.3, -0.25) is 0 Å². The Morgan fingerprint density at radius 1 is 1.26 bits per heavy atom. The molecule has 0 aliphatic rings. The molecular weight excluding hydrogens is 368 g/mol. The van der Waals surface area contributed by atoms with Crippen LogP contribution in [0.25, 0.3) is 6.08 Å². The first kappa shape index (κ1) is 20.9. The second-order valence-corrected chi connectivity index (χ2v) is 7.74. The topological polar surface area (TPSA) is 89.7 Å². The van der Waals surface area contributed by atoms with Gasteiger partial charge < -0.3 is 9.15 Å². The number of oxazole rings is 1. The number of carbonyl (C=O) groups excluding carboxylic acids is 1. The van der Waals surface area contributed by atoms with Crippen LogP contribution >= 0.6 is 0 Å². The summed E-state index contributed by atoms with van der Waals surface area (Å²) in [7, 11) is -2.44. The van der Waals surface area contributed by atoms with Crippen molar-refractivity contribution in [3.8, 4) is 0 Å². The molecule has 2 aromatic rings. The highest BCUT2D eigenvalue weighted by Gasteiger charge is 2.22. The van der Waals surface area contributed by atoms with Crippen molar-refractivity contribution in [2.45, 2.75) is 32.7 Å². The predicted molar refractivity (Wildman–Crippen MR) is 102 cm³/mol. The van der Waals surface area contributed by atoms with E-state index in [1.165, 1.54) is 16.8 Å². The number of ether oxygens (including phenoxy) is 1. The van der Waals surface area contributed by atoms with Gasteiger partial charge in [0.1, 0.15) is 6.26 Å². The fourth-order valence-corrected chi connectivity index (χ4v) is 3.56. The van der Waals surface area contributed by atoms with Crippen LogP contribution in [0.3, 0.4) is 0 Å². The van der Waals surface area contributed by atoms with E-state index in [4.69, 9.17) is 4.42 Å². The molecule has 0 radical (unpaired) electrons. The summed E-state index contributed by atoms with van der Waals surface area (Å²) in [6.45, 7) is 2.33. The van der Waals surface area contributed by atoms with Crippen LogP contribution in [-0.2, 0) is 21.3 Å². The molecule has 0 aliphatic carbocycles. The second-order valence-electron chi connectivity index (χ2n) is 5.92. The molecule has 0 fully saturated rings. The van der Waals surface area contributed by atoms with Gasteiger partial charge in [-0.05, 0) is 18.1 Å². The molecule has 2 rings (SSSR count). The van der Waals surface area contributed by atoms with Gasteiger partial charge >= 0.3 is 5.97 Å². The molecule has 146 valence electrons. The maximum atomic E-state index is 12.8. The molecule has 0 unspecified atom stereocenters. The minimum Gasteiger partial charge on any atom is -0.464 e. The number of methoxy groups -OCH3 is 1. The van der Waals surface area contributed by atoms with E-state index in [2.05, 4.69) is 9.72 Å². The van der Waals surface area contributed by atoms with Crippen LogP contribution in [0, 0.1) is 0 Å². The van der Waals surface area contributed by atoms with Crippen LogP contribution in [0.4, 0.5) is 0 Å². The number of hydrogen-bond acceptors (Lipinski definition) is 6. The molecule has 0 saturated heterocycles. The lowest BCUT2D eigenvalue weighted by molar-refractivity contribution is 0.0594. The van der Waals surface area contributed by atoms with Gasteiger partial charge in [-0.15, -0.1) is 0 Å². The lowest BCUT2D eigenvalue weighted by atomic mass is 10.2. The maximum absolute atomic E-state index is 12.8. The smallest absolute Gasteiger partial charge is 0.360 e. The Bertz CT molecular complexity index is 859. The minimum absolute atomic E-state index is 0.0123. The predicted octanol–water partition coefficient (Wildman–Crippen LogP) is 3.45. The zero-order chi connectivity index (χ0) is 19.7. The number of sulfonamides is 1. The van der Waals surface area contributed by atoms with Crippen molar-refractivity contribution in [2.75, 3.05) is 13.7 Å². The van der Waals surface area contributed by atoms with Gasteiger partial charge in [0.25, 0.3) is 0 Å². The van der Waals surface area contributed by atoms with E-state index in [1.54, 1.807) is 6.08 Å². The van der Waals surface area contributed by atoms with E-state index < -0.39 is 16.0 Å². The first-order valence-corrected chi connectivity index (χ1v) is 10.2. The molecule has 0 atom stereocenters. The minimum atomic E-state index is -3.68. The van der Waals surface area contributed by atoms with Crippen molar-refractivity contribution >= 4 is 22.1 Å². The molecule has 0 spiro atoms. The van der Waals surface area contributed by atoms with Crippen molar-refractivity contribution in [3.63, 3.8) is 0 Å². The molecule has 0 bridgehead atoms. The Morgan fingerprint density at radius 3 is 2.67 bits per heavy atom. The van der Waals surface area contributed by atoms with E-state index >= 15 is 0 Å². The number of rotatable bonds is 10. The molecule has 0 saturated carbocycles. The average molecular weight is 392 g/mol. The molecule has 0 aliphatic heterocycles. The number of unbranched alkanes of at least 4 members (excludes halogenated alkanes) is 2. The Hall–Kier alpha value is -2.45. The van der Waals surface area contributed by atoms with E-state index in [-0.39, 0.29) is 18.1 Å². The summed E-state index contributed by atoms with van der Waals surface area (Å²) in [5.41, 5.74) is 0.803. The van der Waals surface area contributed by atoms with Crippen molar-refractivity contribution < 1.29 is 22.4 Å². The zero-order valence-corrected chi connectivity index (χ0v) is 16.3. The van der Waals surface area contributed by atoms with Crippen LogP contribution in [-0.4, -0.2) is 37.3 Å². The quantitative estimate of drug-likeness (QED) is 0.454. The van der Waals surface area contributed by atoms with Crippen LogP contribution < -0.4 is 0 Å². The summed E-state index contributed by atoms with van der Waals surface area (Å²) in [6, 6.07) is 9.19. The highest BCUT2D eigenvalue weighted by atomic mass is 32.2. The highest BCUT2D eigenvalue weighted by molar-refractivity contribution is 7.92. The molecular formula is C19H24N2O5S. The molecule has 8 heteroatoms. The molecule has 7 nitrogen and oxygen atoms in total. The number of esters is 1. The van der Waals surface area contributed by atoms with Crippen molar-refractivity contribution in [3.05, 3.63) is 59.2 Å². The standard InChI is InChI=1S/C19H24N2O5S/c1-3-4-8-12-21(14-18-20-17(15-26-18)19(22)25-2)27(23,24)13-11-16-9-6-5-7-10-16/h5-7,9-11,13,15H,3-4,8,12,14H2,1-2H3. The fourth-order valence-electron chi connectivity index (χ4n) is 2.38. The van der Waals surface area contributed by atoms with E-state index in [9.17, 15) is 13.2 Å². The van der Waals surface area contributed by atoms with Crippen LogP contribution in [0.15, 0.2) is 46.4 Å². The van der Waals surface area contributed by atoms with Gasteiger partial charge in [0.05, 0.1) is 13.7 Å². The van der Waals surface area contributed by atoms with Gasteiger partial charge in [-0.2, -0.15) is 4.31 Å². The second kappa shape index (κ2) is 10.0. The molecule has 1 aromatic heterocycles. The third kappa shape index (κ3) is 6.33. The van der Waals surface area contributed by atoms with Crippen molar-refractivity contribution in [1.29, 1.82) is 0 Å². The number of aromatic nitrogens is 1. The molecule has 27 heavy (non-hydrogen) atoms. The first-order valence-electron chi connectivity index (χ1n) is 8.72. The summed E-state index contributed by atoms with van der Waals surface area (Å²) in [5, 5.41) is 1.18. The Morgan fingerprint density at radius 2 is 2.00 bits per heavy atom. The van der Waals surface area contributed by atoms with E-state index in [1.807, 2.05) is 37.3 Å². The van der Waals surface area contributed by atoms with Gasteiger partial charge in [-0.1, -0.05) is 50.1 Å². The number of benzene rings is 1. The summed E-state index contributed by atoms with van der Waals surface area (Å²) < 4.78 is 36.7. The van der Waals surface area contributed by atoms with Gasteiger partial charge in [0, 0.05) is 12.0 Å². The average Bonchev–Trinajstić information content (AvgIpc) is 3.14. The summed E-state index contributed by atoms with van der Waals surface area (Å²) in [4.78, 5) is 15.5. The SMILES string of the molecule is CCCCCN(Cc1nc(C(=O)OC)co1)S(=O)(=O)C=Cc1ccccc1. The monoisotopic (exact) mass is 392 g/mol. The molecule has 0 amide bonds. The lowest BCUT2D eigenvalue weighted by Gasteiger charge is -2.18.